The second kappa shape index (κ2) is 5.70. The van der Waals surface area contributed by atoms with E-state index in [1.807, 2.05) is 20.8 Å². The third-order valence-corrected chi connectivity index (χ3v) is 2.07. The van der Waals surface area contributed by atoms with Crippen LogP contribution in [0.1, 0.15) is 33.6 Å². The number of nitrogens with one attached hydrogen (secondary N) is 1. The molecule has 0 bridgehead atoms. The smallest absolute Gasteiger partial charge is 0.312 e. The molecule has 15 heavy (non-hydrogen) atoms. The predicted molar refractivity (Wildman–Crippen MR) is 59.3 cm³/mol. The lowest BCUT2D eigenvalue weighted by molar-refractivity contribution is -0.127. The monoisotopic (exact) mass is 215 g/mol. The summed E-state index contributed by atoms with van der Waals surface area (Å²) in [7, 11) is 0. The van der Waals surface area contributed by atoms with E-state index < -0.39 is 17.5 Å². The van der Waals surface area contributed by atoms with Crippen LogP contribution in [0.3, 0.4) is 0 Å². The maximum absolute atomic E-state index is 11.7. The van der Waals surface area contributed by atoms with Crippen molar-refractivity contribution in [2.45, 2.75) is 39.7 Å². The molecule has 0 aliphatic heterocycles. The fourth-order valence-corrected chi connectivity index (χ4v) is 1.22. The second-order valence-electron chi connectivity index (χ2n) is 4.65. The normalized spacial score (nSPS) is 13.3. The quantitative estimate of drug-likeness (QED) is 0.578. The van der Waals surface area contributed by atoms with E-state index in [1.165, 1.54) is 0 Å². The van der Waals surface area contributed by atoms with Crippen LogP contribution in [0.15, 0.2) is 0 Å². The van der Waals surface area contributed by atoms with Crippen LogP contribution >= 0.6 is 0 Å². The number of amides is 2. The average molecular weight is 215 g/mol. The molecular formula is C10H21N3O2. The number of carbonyl (C=O) groups is 2. The molecule has 88 valence electrons. The highest BCUT2D eigenvalue weighted by molar-refractivity contribution is 5.88. The van der Waals surface area contributed by atoms with Gasteiger partial charge in [-0.25, -0.2) is 4.79 Å². The van der Waals surface area contributed by atoms with E-state index in [4.69, 9.17) is 11.5 Å². The maximum Gasteiger partial charge on any atom is 0.312 e. The summed E-state index contributed by atoms with van der Waals surface area (Å²) in [6.45, 7) is 5.99. The summed E-state index contributed by atoms with van der Waals surface area (Å²) in [6, 6.07) is -1.01. The zero-order valence-corrected chi connectivity index (χ0v) is 9.67. The molecule has 2 amide bonds. The van der Waals surface area contributed by atoms with Crippen LogP contribution in [0.5, 0.6) is 0 Å². The Morgan fingerprint density at radius 3 is 2.27 bits per heavy atom. The van der Waals surface area contributed by atoms with E-state index in [-0.39, 0.29) is 5.78 Å². The fourth-order valence-electron chi connectivity index (χ4n) is 1.22. The number of nitrogens with two attached hydrogens (primary N) is 2. The Hall–Kier alpha value is -1.10. The predicted octanol–water partition coefficient (Wildman–Crippen LogP) is 0.377. The van der Waals surface area contributed by atoms with Crippen molar-refractivity contribution in [1.29, 1.82) is 0 Å². The van der Waals surface area contributed by atoms with Gasteiger partial charge < -0.3 is 16.8 Å². The third kappa shape index (κ3) is 6.06. The summed E-state index contributed by atoms with van der Waals surface area (Å²) in [5, 5.41) is 2.45. The SMILES string of the molecule is CC(C)(C)C(=O)[C@H](N)CCCNC(N)=O. The lowest BCUT2D eigenvalue weighted by atomic mass is 9.85. The number of urea groups is 1. The minimum absolute atomic E-state index is 0.0431. The minimum Gasteiger partial charge on any atom is -0.352 e. The van der Waals surface area contributed by atoms with Crippen molar-refractivity contribution >= 4 is 11.8 Å². The van der Waals surface area contributed by atoms with Gasteiger partial charge in [0.1, 0.15) is 0 Å². The molecular weight excluding hydrogens is 194 g/mol. The van der Waals surface area contributed by atoms with E-state index >= 15 is 0 Å². The Labute approximate surface area is 90.6 Å². The standard InChI is InChI=1S/C10H21N3O2/c1-10(2,3)8(14)7(11)5-4-6-13-9(12)15/h7H,4-6,11H2,1-3H3,(H3,12,13,15)/t7-/m1/s1. The van der Waals surface area contributed by atoms with E-state index in [2.05, 4.69) is 5.32 Å². The number of rotatable bonds is 5. The molecule has 1 atom stereocenters. The van der Waals surface area contributed by atoms with Crippen molar-refractivity contribution in [2.75, 3.05) is 6.54 Å². The molecule has 0 aromatic heterocycles. The molecule has 5 heteroatoms. The number of hydrogen-bond donors (Lipinski definition) is 3. The van der Waals surface area contributed by atoms with E-state index in [0.717, 1.165) is 0 Å². The second-order valence-corrected chi connectivity index (χ2v) is 4.65. The first-order valence-electron chi connectivity index (χ1n) is 5.08. The van der Waals surface area contributed by atoms with Gasteiger partial charge in [0, 0.05) is 12.0 Å². The molecule has 0 fully saturated rings. The number of Topliss-reactive ketones (excluding diaryl/α,β-unsaturated/α-hetero) is 1. The highest BCUT2D eigenvalue weighted by Crippen LogP contribution is 2.17. The molecule has 0 aliphatic rings. The fraction of sp³-hybridized carbons (Fsp3) is 0.800. The summed E-state index contributed by atoms with van der Waals surface area (Å²) in [6.07, 6.45) is 1.22. The number of ketones is 1. The van der Waals surface area contributed by atoms with Crippen molar-refractivity contribution in [3.05, 3.63) is 0 Å². The van der Waals surface area contributed by atoms with Crippen LogP contribution < -0.4 is 16.8 Å². The molecule has 0 heterocycles. The highest BCUT2D eigenvalue weighted by atomic mass is 16.2. The van der Waals surface area contributed by atoms with Crippen molar-refractivity contribution in [1.82, 2.24) is 5.32 Å². The van der Waals surface area contributed by atoms with Crippen molar-refractivity contribution in [3.8, 4) is 0 Å². The van der Waals surface area contributed by atoms with Gasteiger partial charge in [-0.05, 0) is 12.8 Å². The van der Waals surface area contributed by atoms with E-state index in [0.29, 0.717) is 19.4 Å². The third-order valence-electron chi connectivity index (χ3n) is 2.07. The molecule has 5 N–H and O–H groups in total. The number of primary amides is 1. The maximum atomic E-state index is 11.7. The Bertz CT molecular complexity index is 233. The molecule has 0 unspecified atom stereocenters. The van der Waals surface area contributed by atoms with Crippen LogP contribution in [-0.2, 0) is 4.79 Å². The summed E-state index contributed by atoms with van der Waals surface area (Å²) in [5.41, 5.74) is 10.2. The first-order valence-corrected chi connectivity index (χ1v) is 5.08. The Kier molecular flexibility index (Phi) is 5.28. The number of carbonyl (C=O) groups excluding carboxylic acids is 2. The van der Waals surface area contributed by atoms with Gasteiger partial charge in [-0.2, -0.15) is 0 Å². The Balaban J connectivity index is 3.80. The lowest BCUT2D eigenvalue weighted by Gasteiger charge is -2.21. The van der Waals surface area contributed by atoms with E-state index in [1.54, 1.807) is 0 Å². The molecule has 0 saturated heterocycles. The summed E-state index contributed by atoms with van der Waals surface area (Å²) >= 11 is 0. The Morgan fingerprint density at radius 2 is 1.87 bits per heavy atom. The molecule has 5 nitrogen and oxygen atoms in total. The van der Waals surface area contributed by atoms with Crippen molar-refractivity contribution in [2.24, 2.45) is 16.9 Å². The van der Waals surface area contributed by atoms with Crippen LogP contribution in [0.2, 0.25) is 0 Å². The highest BCUT2D eigenvalue weighted by Gasteiger charge is 2.26. The molecule has 0 aromatic rings. The summed E-state index contributed by atoms with van der Waals surface area (Å²) in [4.78, 5) is 22.0. The number of hydrogen-bond acceptors (Lipinski definition) is 3. The summed E-state index contributed by atoms with van der Waals surface area (Å²) in [5.74, 6) is 0.0431. The molecule has 0 radical (unpaired) electrons. The van der Waals surface area contributed by atoms with Gasteiger partial charge in [0.2, 0.25) is 0 Å². The van der Waals surface area contributed by atoms with Gasteiger partial charge in [0.05, 0.1) is 6.04 Å². The van der Waals surface area contributed by atoms with Crippen molar-refractivity contribution < 1.29 is 9.59 Å². The largest absolute Gasteiger partial charge is 0.352 e. The van der Waals surface area contributed by atoms with Gasteiger partial charge in [0.25, 0.3) is 0 Å². The molecule has 0 saturated carbocycles. The zero-order valence-electron chi connectivity index (χ0n) is 9.67. The lowest BCUT2D eigenvalue weighted by Crippen LogP contribution is -2.39. The van der Waals surface area contributed by atoms with Gasteiger partial charge in [-0.3, -0.25) is 4.79 Å². The molecule has 0 aromatic carbocycles. The molecule has 0 aliphatic carbocycles. The molecule has 0 rings (SSSR count). The minimum atomic E-state index is -0.550. The van der Waals surface area contributed by atoms with Gasteiger partial charge in [-0.15, -0.1) is 0 Å². The average Bonchev–Trinajstić information content (AvgIpc) is 2.09. The topological polar surface area (TPSA) is 98.2 Å². The summed E-state index contributed by atoms with van der Waals surface area (Å²) < 4.78 is 0. The molecule has 0 spiro atoms. The van der Waals surface area contributed by atoms with Crippen LogP contribution in [0.25, 0.3) is 0 Å². The van der Waals surface area contributed by atoms with Gasteiger partial charge in [-0.1, -0.05) is 20.8 Å². The van der Waals surface area contributed by atoms with Crippen LogP contribution in [0.4, 0.5) is 4.79 Å². The van der Waals surface area contributed by atoms with Crippen molar-refractivity contribution in [3.63, 3.8) is 0 Å². The van der Waals surface area contributed by atoms with Gasteiger partial charge >= 0.3 is 6.03 Å². The van der Waals surface area contributed by atoms with E-state index in [9.17, 15) is 9.59 Å². The Morgan fingerprint density at radius 1 is 1.33 bits per heavy atom. The first-order chi connectivity index (χ1) is 6.75. The van der Waals surface area contributed by atoms with Crippen LogP contribution in [-0.4, -0.2) is 24.4 Å². The first kappa shape index (κ1) is 13.9. The van der Waals surface area contributed by atoms with Crippen LogP contribution in [0, 0.1) is 5.41 Å². The van der Waals surface area contributed by atoms with Gasteiger partial charge in [0.15, 0.2) is 5.78 Å². The zero-order chi connectivity index (χ0) is 12.1.